The minimum Gasteiger partial charge on any atom is -0.339 e. The Morgan fingerprint density at radius 3 is 2.32 bits per heavy atom. The number of benzene rings is 1. The molecule has 1 aromatic rings. The van der Waals surface area contributed by atoms with Crippen LogP contribution < -0.4 is 5.32 Å². The SMILES string of the molecule is CCCCCS(=O)(=O)CC(=O)Nc1ccc(C(=O)N(C)C2CCCCC2)cc1. The van der Waals surface area contributed by atoms with E-state index in [9.17, 15) is 18.0 Å². The molecule has 1 aliphatic carbocycles. The molecule has 156 valence electrons. The minimum atomic E-state index is -3.39. The van der Waals surface area contributed by atoms with Gasteiger partial charge in [-0.15, -0.1) is 0 Å². The molecule has 1 aliphatic rings. The van der Waals surface area contributed by atoms with Gasteiger partial charge in [0.2, 0.25) is 5.91 Å². The molecule has 1 fully saturated rings. The number of nitrogens with zero attached hydrogens (tertiary/aromatic N) is 1. The standard InChI is InChI=1S/C21H32N2O4S/c1-3-4-8-15-28(26,27)16-20(24)22-18-13-11-17(12-14-18)21(25)23(2)19-9-6-5-7-10-19/h11-14,19H,3-10,15-16H2,1-2H3,(H,22,24). The van der Waals surface area contributed by atoms with Gasteiger partial charge in [-0.1, -0.05) is 39.0 Å². The van der Waals surface area contributed by atoms with Gasteiger partial charge in [0.05, 0.1) is 5.75 Å². The lowest BCUT2D eigenvalue weighted by atomic mass is 9.94. The lowest BCUT2D eigenvalue weighted by Crippen LogP contribution is -2.38. The number of amides is 2. The highest BCUT2D eigenvalue weighted by atomic mass is 32.2. The Bertz CT molecular complexity index is 753. The lowest BCUT2D eigenvalue weighted by Gasteiger charge is -2.31. The molecule has 1 N–H and O–H groups in total. The molecule has 0 bridgehead atoms. The van der Waals surface area contributed by atoms with Crippen molar-refractivity contribution in [1.29, 1.82) is 0 Å². The van der Waals surface area contributed by atoms with Crippen LogP contribution >= 0.6 is 0 Å². The predicted octanol–water partition coefficient (Wildman–Crippen LogP) is 3.63. The van der Waals surface area contributed by atoms with Crippen molar-refractivity contribution < 1.29 is 18.0 Å². The van der Waals surface area contributed by atoms with Gasteiger partial charge in [0.1, 0.15) is 5.75 Å². The van der Waals surface area contributed by atoms with Crippen LogP contribution in [-0.4, -0.2) is 49.7 Å². The molecule has 6 nitrogen and oxygen atoms in total. The molecule has 0 atom stereocenters. The lowest BCUT2D eigenvalue weighted by molar-refractivity contribution is -0.113. The van der Waals surface area contributed by atoms with E-state index in [-0.39, 0.29) is 11.7 Å². The highest BCUT2D eigenvalue weighted by molar-refractivity contribution is 7.92. The summed E-state index contributed by atoms with van der Waals surface area (Å²) in [5.41, 5.74) is 1.06. The molecule has 1 aromatic carbocycles. The Morgan fingerprint density at radius 2 is 1.71 bits per heavy atom. The fraction of sp³-hybridized carbons (Fsp3) is 0.619. The van der Waals surface area contributed by atoms with Crippen molar-refractivity contribution >= 4 is 27.3 Å². The van der Waals surface area contributed by atoms with Gasteiger partial charge in [0.25, 0.3) is 5.91 Å². The zero-order valence-corrected chi connectivity index (χ0v) is 17.8. The molecule has 0 spiro atoms. The summed E-state index contributed by atoms with van der Waals surface area (Å²) < 4.78 is 23.9. The van der Waals surface area contributed by atoms with Gasteiger partial charge in [0.15, 0.2) is 9.84 Å². The molecular weight excluding hydrogens is 376 g/mol. The highest BCUT2D eigenvalue weighted by Gasteiger charge is 2.23. The van der Waals surface area contributed by atoms with Crippen LogP contribution in [0.4, 0.5) is 5.69 Å². The number of hydrogen-bond acceptors (Lipinski definition) is 4. The molecule has 0 aliphatic heterocycles. The maximum absolute atomic E-state index is 12.6. The first-order chi connectivity index (χ1) is 13.3. The summed E-state index contributed by atoms with van der Waals surface area (Å²) in [7, 11) is -1.55. The number of carbonyl (C=O) groups is 2. The zero-order valence-electron chi connectivity index (χ0n) is 16.9. The fourth-order valence-corrected chi connectivity index (χ4v) is 4.83. The quantitative estimate of drug-likeness (QED) is 0.633. The maximum atomic E-state index is 12.6. The number of sulfone groups is 1. The van der Waals surface area contributed by atoms with Crippen molar-refractivity contribution in [2.24, 2.45) is 0 Å². The second-order valence-electron chi connectivity index (χ2n) is 7.63. The van der Waals surface area contributed by atoms with Crippen LogP contribution in [-0.2, 0) is 14.6 Å². The van der Waals surface area contributed by atoms with E-state index >= 15 is 0 Å². The third kappa shape index (κ3) is 6.93. The van der Waals surface area contributed by atoms with Crippen molar-refractivity contribution in [3.05, 3.63) is 29.8 Å². The van der Waals surface area contributed by atoms with Crippen LogP contribution in [0.3, 0.4) is 0 Å². The largest absolute Gasteiger partial charge is 0.339 e. The van der Waals surface area contributed by atoms with Gasteiger partial charge in [-0.05, 0) is 43.5 Å². The summed E-state index contributed by atoms with van der Waals surface area (Å²) in [5.74, 6) is -1.05. The van der Waals surface area contributed by atoms with Crippen LogP contribution in [0, 0.1) is 0 Å². The molecule has 0 saturated heterocycles. The molecule has 28 heavy (non-hydrogen) atoms. The molecule has 0 heterocycles. The Morgan fingerprint density at radius 1 is 1.07 bits per heavy atom. The molecule has 0 aromatic heterocycles. The summed E-state index contributed by atoms with van der Waals surface area (Å²) >= 11 is 0. The van der Waals surface area contributed by atoms with Gasteiger partial charge < -0.3 is 10.2 Å². The smallest absolute Gasteiger partial charge is 0.253 e. The number of anilines is 1. The van der Waals surface area contributed by atoms with Crippen molar-refractivity contribution in [3.63, 3.8) is 0 Å². The number of carbonyl (C=O) groups excluding carboxylic acids is 2. The molecule has 7 heteroatoms. The molecule has 0 radical (unpaired) electrons. The van der Waals surface area contributed by atoms with Crippen LogP contribution in [0.5, 0.6) is 0 Å². The van der Waals surface area contributed by atoms with E-state index in [1.54, 1.807) is 24.3 Å². The van der Waals surface area contributed by atoms with Gasteiger partial charge in [0, 0.05) is 24.3 Å². The van der Waals surface area contributed by atoms with Gasteiger partial charge in [-0.25, -0.2) is 8.42 Å². The Kier molecular flexibility index (Phi) is 8.48. The van der Waals surface area contributed by atoms with Crippen LogP contribution in [0.25, 0.3) is 0 Å². The van der Waals surface area contributed by atoms with Crippen LogP contribution in [0.15, 0.2) is 24.3 Å². The van der Waals surface area contributed by atoms with E-state index in [1.807, 2.05) is 18.9 Å². The first-order valence-electron chi connectivity index (χ1n) is 10.2. The third-order valence-corrected chi connectivity index (χ3v) is 6.88. The molecule has 2 amide bonds. The molecular formula is C21H32N2O4S. The minimum absolute atomic E-state index is 0.0247. The van der Waals surface area contributed by atoms with E-state index in [0.717, 1.165) is 38.5 Å². The van der Waals surface area contributed by atoms with Gasteiger partial charge in [-0.2, -0.15) is 0 Å². The first-order valence-corrected chi connectivity index (χ1v) is 12.0. The monoisotopic (exact) mass is 408 g/mol. The van der Waals surface area contributed by atoms with Gasteiger partial charge >= 0.3 is 0 Å². The van der Waals surface area contributed by atoms with Crippen molar-refractivity contribution in [3.8, 4) is 0 Å². The second kappa shape index (κ2) is 10.6. The molecule has 0 unspecified atom stereocenters. The van der Waals surface area contributed by atoms with E-state index in [1.165, 1.54) is 6.42 Å². The maximum Gasteiger partial charge on any atom is 0.253 e. The van der Waals surface area contributed by atoms with Crippen molar-refractivity contribution in [2.75, 3.05) is 23.9 Å². The topological polar surface area (TPSA) is 83.5 Å². The van der Waals surface area contributed by atoms with Crippen LogP contribution in [0.2, 0.25) is 0 Å². The normalized spacial score (nSPS) is 15.2. The van der Waals surface area contributed by atoms with E-state index < -0.39 is 21.5 Å². The Labute approximate surface area is 168 Å². The summed E-state index contributed by atoms with van der Waals surface area (Å²) in [6.07, 6.45) is 8.00. The predicted molar refractivity (Wildman–Crippen MR) is 112 cm³/mol. The van der Waals surface area contributed by atoms with E-state index in [2.05, 4.69) is 5.32 Å². The Balaban J connectivity index is 1.89. The van der Waals surface area contributed by atoms with E-state index in [4.69, 9.17) is 0 Å². The average molecular weight is 409 g/mol. The number of nitrogens with one attached hydrogen (secondary N) is 1. The summed E-state index contributed by atoms with van der Waals surface area (Å²) in [5, 5.41) is 2.60. The number of hydrogen-bond donors (Lipinski definition) is 1. The average Bonchev–Trinajstić information content (AvgIpc) is 2.67. The Hall–Kier alpha value is -1.89. The number of unbranched alkanes of at least 4 members (excludes halogenated alkanes) is 2. The van der Waals surface area contributed by atoms with E-state index in [0.29, 0.717) is 23.7 Å². The van der Waals surface area contributed by atoms with Crippen LogP contribution in [0.1, 0.15) is 68.6 Å². The highest BCUT2D eigenvalue weighted by Crippen LogP contribution is 2.23. The van der Waals surface area contributed by atoms with Crippen molar-refractivity contribution in [2.45, 2.75) is 64.3 Å². The third-order valence-electron chi connectivity index (χ3n) is 5.27. The van der Waals surface area contributed by atoms with Crippen molar-refractivity contribution in [1.82, 2.24) is 4.90 Å². The molecule has 2 rings (SSSR count). The summed E-state index contributed by atoms with van der Waals surface area (Å²) in [4.78, 5) is 26.5. The second-order valence-corrected chi connectivity index (χ2v) is 9.82. The molecule has 1 saturated carbocycles. The zero-order chi connectivity index (χ0) is 20.6. The first kappa shape index (κ1) is 22.4. The summed E-state index contributed by atoms with van der Waals surface area (Å²) in [6.45, 7) is 2.00. The number of rotatable bonds is 9. The van der Waals surface area contributed by atoms with Gasteiger partial charge in [-0.3, -0.25) is 9.59 Å². The fourth-order valence-electron chi connectivity index (χ4n) is 3.57. The summed E-state index contributed by atoms with van der Waals surface area (Å²) in [6, 6.07) is 6.92.